The van der Waals surface area contributed by atoms with Crippen molar-refractivity contribution < 1.29 is 9.53 Å². The number of rotatable bonds is 9. The van der Waals surface area contributed by atoms with Crippen molar-refractivity contribution in [2.45, 2.75) is 44.9 Å². The lowest BCUT2D eigenvalue weighted by Gasteiger charge is -2.30. The second kappa shape index (κ2) is 11.5. The molecule has 7 nitrogen and oxygen atoms in total. The van der Waals surface area contributed by atoms with Crippen molar-refractivity contribution in [1.29, 1.82) is 0 Å². The van der Waals surface area contributed by atoms with Gasteiger partial charge in [-0.25, -0.2) is 0 Å². The largest absolute Gasteiger partial charge is 0.497 e. The number of benzene rings is 2. The van der Waals surface area contributed by atoms with E-state index in [0.29, 0.717) is 11.7 Å². The average molecular weight is 480 g/mol. The summed E-state index contributed by atoms with van der Waals surface area (Å²) in [5, 5.41) is 12.1. The van der Waals surface area contributed by atoms with Gasteiger partial charge in [-0.1, -0.05) is 43.0 Å². The summed E-state index contributed by atoms with van der Waals surface area (Å²) in [6, 6.07) is 16.3. The number of hydrogen-bond donors (Lipinski definition) is 1. The predicted octanol–water partition coefficient (Wildman–Crippen LogP) is 4.22. The third kappa shape index (κ3) is 6.39. The van der Waals surface area contributed by atoms with E-state index in [1.54, 1.807) is 7.11 Å². The molecule has 0 bridgehead atoms. The number of ether oxygens (including phenoxy) is 1. The van der Waals surface area contributed by atoms with Crippen LogP contribution in [0.2, 0.25) is 0 Å². The van der Waals surface area contributed by atoms with Crippen molar-refractivity contribution >= 4 is 17.7 Å². The van der Waals surface area contributed by atoms with Gasteiger partial charge in [0.2, 0.25) is 5.91 Å². The maximum Gasteiger partial charge on any atom is 0.230 e. The number of carbonyl (C=O) groups excluding carboxylic acids is 1. The minimum absolute atomic E-state index is 0.0293. The number of thioether (sulfide) groups is 1. The van der Waals surface area contributed by atoms with E-state index in [1.165, 1.54) is 43.3 Å². The van der Waals surface area contributed by atoms with E-state index in [1.807, 2.05) is 35.8 Å². The third-order valence-corrected chi connectivity index (χ3v) is 7.05. The van der Waals surface area contributed by atoms with Gasteiger partial charge in [-0.2, -0.15) is 0 Å². The molecule has 1 amide bonds. The minimum atomic E-state index is -0.0293. The van der Waals surface area contributed by atoms with Crippen LogP contribution in [0.1, 0.15) is 36.7 Å². The van der Waals surface area contributed by atoms with E-state index in [4.69, 9.17) is 4.74 Å². The molecule has 0 saturated carbocycles. The summed E-state index contributed by atoms with van der Waals surface area (Å²) in [7, 11) is 1.64. The molecule has 1 N–H and O–H groups in total. The van der Waals surface area contributed by atoms with E-state index in [9.17, 15) is 4.79 Å². The number of nitrogens with one attached hydrogen (secondary N) is 1. The van der Waals surface area contributed by atoms with Gasteiger partial charge in [0.15, 0.2) is 5.16 Å². The maximum atomic E-state index is 12.5. The Balaban J connectivity index is 1.26. The van der Waals surface area contributed by atoms with Crippen LogP contribution in [-0.4, -0.2) is 51.5 Å². The first-order valence-electron chi connectivity index (χ1n) is 11.8. The number of nitrogens with zero attached hydrogens (tertiary/aromatic N) is 4. The number of methoxy groups -OCH3 is 1. The highest BCUT2D eigenvalue weighted by molar-refractivity contribution is 7.99. The zero-order valence-corrected chi connectivity index (χ0v) is 21.0. The van der Waals surface area contributed by atoms with Crippen LogP contribution in [0.3, 0.4) is 0 Å². The van der Waals surface area contributed by atoms with Crippen LogP contribution in [0.15, 0.2) is 53.7 Å². The van der Waals surface area contributed by atoms with Crippen LogP contribution in [0.25, 0.3) is 5.69 Å². The number of likely N-dealkylation sites (tertiary alicyclic amines) is 1. The molecule has 0 radical (unpaired) electrons. The number of aryl methyl sites for hydroxylation is 1. The van der Waals surface area contributed by atoms with Crippen LogP contribution in [0.4, 0.5) is 0 Å². The first-order valence-corrected chi connectivity index (χ1v) is 12.8. The summed E-state index contributed by atoms with van der Waals surface area (Å²) < 4.78 is 7.18. The molecule has 2 aromatic carbocycles. The van der Waals surface area contributed by atoms with Crippen molar-refractivity contribution in [2.24, 2.45) is 5.92 Å². The monoisotopic (exact) mass is 479 g/mol. The summed E-state index contributed by atoms with van der Waals surface area (Å²) >= 11 is 1.38. The highest BCUT2D eigenvalue weighted by atomic mass is 32.2. The molecule has 8 heteroatoms. The number of aromatic nitrogens is 3. The number of hydrogen-bond acceptors (Lipinski definition) is 6. The molecule has 1 atom stereocenters. The van der Waals surface area contributed by atoms with Gasteiger partial charge < -0.3 is 10.1 Å². The first-order chi connectivity index (χ1) is 16.5. The average Bonchev–Trinajstić information content (AvgIpc) is 3.22. The van der Waals surface area contributed by atoms with Crippen molar-refractivity contribution in [3.05, 3.63) is 65.5 Å². The smallest absolute Gasteiger partial charge is 0.230 e. The highest BCUT2D eigenvalue weighted by Gasteiger charge is 2.16. The predicted molar refractivity (Wildman–Crippen MR) is 135 cm³/mol. The SMILES string of the molecule is COc1ccc(-n2c(C)nnc2SCC(=O)NCc2ccc(CN3CCCC(C)C3)cc2)cc1. The van der Waals surface area contributed by atoms with Gasteiger partial charge in [-0.3, -0.25) is 14.3 Å². The van der Waals surface area contributed by atoms with Crippen molar-refractivity contribution in [3.63, 3.8) is 0 Å². The molecule has 1 aliphatic rings. The van der Waals surface area contributed by atoms with E-state index in [0.717, 1.165) is 35.3 Å². The maximum absolute atomic E-state index is 12.5. The van der Waals surface area contributed by atoms with Crippen LogP contribution in [0.5, 0.6) is 5.75 Å². The van der Waals surface area contributed by atoms with Crippen LogP contribution in [0, 0.1) is 12.8 Å². The summed E-state index contributed by atoms with van der Waals surface area (Å²) in [5.74, 6) is 2.59. The van der Waals surface area contributed by atoms with Gasteiger partial charge in [-0.15, -0.1) is 10.2 Å². The Morgan fingerprint density at radius 1 is 1.12 bits per heavy atom. The van der Waals surface area contributed by atoms with Crippen molar-refractivity contribution in [2.75, 3.05) is 26.0 Å². The summed E-state index contributed by atoms with van der Waals surface area (Å²) in [4.78, 5) is 15.0. The Labute approximate surface area is 205 Å². The Bertz CT molecular complexity index is 1080. The van der Waals surface area contributed by atoms with Gasteiger partial charge in [-0.05, 0) is 67.6 Å². The van der Waals surface area contributed by atoms with E-state index in [-0.39, 0.29) is 11.7 Å². The molecule has 2 heterocycles. The fourth-order valence-corrected chi connectivity index (χ4v) is 5.13. The molecule has 0 spiro atoms. The molecule has 1 fully saturated rings. The van der Waals surface area contributed by atoms with Crippen LogP contribution < -0.4 is 10.1 Å². The fraction of sp³-hybridized carbons (Fsp3) is 0.423. The lowest BCUT2D eigenvalue weighted by Crippen LogP contribution is -2.33. The van der Waals surface area contributed by atoms with Crippen LogP contribution in [-0.2, 0) is 17.9 Å². The Kier molecular flexibility index (Phi) is 8.24. The fourth-order valence-electron chi connectivity index (χ4n) is 4.30. The van der Waals surface area contributed by atoms with E-state index in [2.05, 4.69) is 51.6 Å². The summed E-state index contributed by atoms with van der Waals surface area (Å²) in [6.07, 6.45) is 2.63. The summed E-state index contributed by atoms with van der Waals surface area (Å²) in [5.41, 5.74) is 3.37. The molecule has 180 valence electrons. The first kappa shape index (κ1) is 24.3. The lowest BCUT2D eigenvalue weighted by atomic mass is 9.99. The highest BCUT2D eigenvalue weighted by Crippen LogP contribution is 2.23. The van der Waals surface area contributed by atoms with Gasteiger partial charge >= 0.3 is 0 Å². The lowest BCUT2D eigenvalue weighted by molar-refractivity contribution is -0.118. The molecule has 4 rings (SSSR count). The van der Waals surface area contributed by atoms with Gasteiger partial charge in [0, 0.05) is 25.3 Å². The molecular weight excluding hydrogens is 446 g/mol. The molecule has 0 aliphatic carbocycles. The topological polar surface area (TPSA) is 72.3 Å². The van der Waals surface area contributed by atoms with Gasteiger partial charge in [0.1, 0.15) is 11.6 Å². The third-order valence-electron chi connectivity index (χ3n) is 6.12. The molecule has 1 aromatic heterocycles. The van der Waals surface area contributed by atoms with E-state index < -0.39 is 0 Å². The number of piperidine rings is 1. The van der Waals surface area contributed by atoms with Crippen LogP contribution >= 0.6 is 11.8 Å². The molecule has 3 aromatic rings. The molecular formula is C26H33N5O2S. The molecule has 1 unspecified atom stereocenters. The van der Waals surface area contributed by atoms with Gasteiger partial charge in [0.05, 0.1) is 12.9 Å². The zero-order valence-electron chi connectivity index (χ0n) is 20.2. The van der Waals surface area contributed by atoms with Gasteiger partial charge in [0.25, 0.3) is 0 Å². The Morgan fingerprint density at radius 3 is 2.56 bits per heavy atom. The van der Waals surface area contributed by atoms with Crippen molar-refractivity contribution in [3.8, 4) is 11.4 Å². The Hall–Kier alpha value is -2.84. The minimum Gasteiger partial charge on any atom is -0.497 e. The number of carbonyl (C=O) groups is 1. The second-order valence-electron chi connectivity index (χ2n) is 8.93. The van der Waals surface area contributed by atoms with Crippen molar-refractivity contribution in [1.82, 2.24) is 25.0 Å². The molecule has 1 saturated heterocycles. The second-order valence-corrected chi connectivity index (χ2v) is 9.87. The molecule has 34 heavy (non-hydrogen) atoms. The number of amides is 1. The summed E-state index contributed by atoms with van der Waals surface area (Å²) in [6.45, 7) is 8.12. The standard InChI is InChI=1S/C26H33N5O2S/c1-19-5-4-14-30(16-19)17-22-8-6-21(7-9-22)15-27-25(32)18-34-26-29-28-20(2)31(26)23-10-12-24(33-3)13-11-23/h6-13,19H,4-5,14-18H2,1-3H3,(H,27,32). The zero-order chi connectivity index (χ0) is 23.9. The normalized spacial score (nSPS) is 16.4. The quantitative estimate of drug-likeness (QED) is 0.463. The van der Waals surface area contributed by atoms with E-state index >= 15 is 0 Å². The Morgan fingerprint density at radius 2 is 1.85 bits per heavy atom. The molecule has 1 aliphatic heterocycles.